The molecule has 2 rings (SSSR count). The van der Waals surface area contributed by atoms with Crippen molar-refractivity contribution < 1.29 is 0 Å². The fraction of sp³-hybridized carbons (Fsp3) is 0.615. The van der Waals surface area contributed by atoms with Crippen LogP contribution in [0.3, 0.4) is 0 Å². The highest BCUT2D eigenvalue weighted by molar-refractivity contribution is 5.51. The van der Waals surface area contributed by atoms with Gasteiger partial charge in [0.1, 0.15) is 5.82 Å². The second kappa shape index (κ2) is 5.36. The zero-order valence-electron chi connectivity index (χ0n) is 10.8. The number of aromatic nitrogens is 1. The molecule has 1 saturated heterocycles. The molecular formula is C13H22N4. The van der Waals surface area contributed by atoms with E-state index in [0.29, 0.717) is 11.9 Å². The average molecular weight is 234 g/mol. The molecule has 1 fully saturated rings. The zero-order valence-corrected chi connectivity index (χ0v) is 10.8. The molecule has 1 aromatic rings. The first-order valence-electron chi connectivity index (χ1n) is 6.37. The van der Waals surface area contributed by atoms with Crippen LogP contribution in [-0.4, -0.2) is 42.6 Å². The molecule has 2 N–H and O–H groups in total. The van der Waals surface area contributed by atoms with E-state index in [-0.39, 0.29) is 0 Å². The van der Waals surface area contributed by atoms with Crippen LogP contribution in [-0.2, 0) is 0 Å². The van der Waals surface area contributed by atoms with Gasteiger partial charge in [-0.25, -0.2) is 4.98 Å². The Hall–Kier alpha value is -1.29. The van der Waals surface area contributed by atoms with Gasteiger partial charge in [-0.15, -0.1) is 0 Å². The van der Waals surface area contributed by atoms with Gasteiger partial charge in [-0.1, -0.05) is 6.92 Å². The maximum atomic E-state index is 5.71. The Morgan fingerprint density at radius 2 is 2.41 bits per heavy atom. The largest absolute Gasteiger partial charge is 0.384 e. The molecule has 0 aliphatic carbocycles. The average Bonchev–Trinajstić information content (AvgIpc) is 2.76. The summed E-state index contributed by atoms with van der Waals surface area (Å²) >= 11 is 0. The van der Waals surface area contributed by atoms with Crippen LogP contribution in [0.15, 0.2) is 18.3 Å². The first kappa shape index (κ1) is 12.2. The minimum atomic E-state index is 0.591. The van der Waals surface area contributed by atoms with Gasteiger partial charge in [0.15, 0.2) is 0 Å². The highest BCUT2D eigenvalue weighted by Crippen LogP contribution is 2.20. The van der Waals surface area contributed by atoms with Crippen LogP contribution in [0, 0.1) is 0 Å². The molecule has 1 atom stereocenters. The van der Waals surface area contributed by atoms with Crippen LogP contribution in [0.4, 0.5) is 11.5 Å². The number of likely N-dealkylation sites (N-methyl/N-ethyl adjacent to an activating group) is 2. The third kappa shape index (κ3) is 2.88. The summed E-state index contributed by atoms with van der Waals surface area (Å²) in [7, 11) is 2.13. The van der Waals surface area contributed by atoms with Gasteiger partial charge < -0.3 is 10.6 Å². The summed E-state index contributed by atoms with van der Waals surface area (Å²) in [5.41, 5.74) is 6.86. The van der Waals surface area contributed by atoms with Crippen molar-refractivity contribution in [3.63, 3.8) is 0 Å². The number of hydrogen-bond donors (Lipinski definition) is 1. The Kier molecular flexibility index (Phi) is 3.84. The molecule has 2 heterocycles. The van der Waals surface area contributed by atoms with Crippen molar-refractivity contribution in [2.45, 2.75) is 25.8 Å². The molecule has 1 unspecified atom stereocenters. The minimum Gasteiger partial charge on any atom is -0.384 e. The molecular weight excluding hydrogens is 212 g/mol. The van der Waals surface area contributed by atoms with Crippen molar-refractivity contribution in [2.75, 3.05) is 37.3 Å². The lowest BCUT2D eigenvalue weighted by atomic mass is 10.2. The van der Waals surface area contributed by atoms with E-state index in [1.165, 1.54) is 19.4 Å². The molecule has 0 saturated carbocycles. The summed E-state index contributed by atoms with van der Waals surface area (Å²) in [6, 6.07) is 4.63. The van der Waals surface area contributed by atoms with Gasteiger partial charge in [0, 0.05) is 37.6 Å². The number of pyridine rings is 1. The maximum absolute atomic E-state index is 5.71. The van der Waals surface area contributed by atoms with E-state index in [9.17, 15) is 0 Å². The number of nitrogens with zero attached hydrogens (tertiary/aromatic N) is 3. The number of likely N-dealkylation sites (tertiary alicyclic amines) is 1. The van der Waals surface area contributed by atoms with Crippen molar-refractivity contribution in [3.05, 3.63) is 18.3 Å². The number of hydrogen-bond acceptors (Lipinski definition) is 4. The zero-order chi connectivity index (χ0) is 12.3. The molecule has 0 radical (unpaired) electrons. The Morgan fingerprint density at radius 1 is 1.59 bits per heavy atom. The molecule has 1 aromatic heterocycles. The predicted molar refractivity (Wildman–Crippen MR) is 72.2 cm³/mol. The Labute approximate surface area is 103 Å². The number of anilines is 2. The summed E-state index contributed by atoms with van der Waals surface area (Å²) in [6.45, 7) is 5.70. The first-order chi connectivity index (χ1) is 8.20. The molecule has 94 valence electrons. The van der Waals surface area contributed by atoms with Crippen molar-refractivity contribution in [2.24, 2.45) is 0 Å². The van der Waals surface area contributed by atoms with Gasteiger partial charge in [-0.3, -0.25) is 4.90 Å². The maximum Gasteiger partial charge on any atom is 0.125 e. The standard InChI is InChI=1S/C13H22N4/c1-3-17-8-4-5-12(17)10-16(2)11-6-7-15-13(14)9-11/h6-7,9,12H,3-5,8,10H2,1-2H3,(H2,14,15). The van der Waals surface area contributed by atoms with E-state index in [1.54, 1.807) is 6.20 Å². The van der Waals surface area contributed by atoms with Gasteiger partial charge in [0.2, 0.25) is 0 Å². The molecule has 0 aromatic carbocycles. The number of rotatable bonds is 4. The lowest BCUT2D eigenvalue weighted by Crippen LogP contribution is -2.38. The van der Waals surface area contributed by atoms with Crippen molar-refractivity contribution in [1.29, 1.82) is 0 Å². The molecule has 0 spiro atoms. The molecule has 1 aliphatic rings. The molecule has 1 aliphatic heterocycles. The fourth-order valence-corrected chi connectivity index (χ4v) is 2.61. The quantitative estimate of drug-likeness (QED) is 0.859. The van der Waals surface area contributed by atoms with Crippen LogP contribution in [0.2, 0.25) is 0 Å². The number of nitrogen functional groups attached to an aromatic ring is 1. The third-order valence-electron chi connectivity index (χ3n) is 3.60. The van der Waals surface area contributed by atoms with Crippen LogP contribution in [0.25, 0.3) is 0 Å². The second-order valence-electron chi connectivity index (χ2n) is 4.74. The topological polar surface area (TPSA) is 45.4 Å². The van der Waals surface area contributed by atoms with Crippen LogP contribution in [0.1, 0.15) is 19.8 Å². The SMILES string of the molecule is CCN1CCCC1CN(C)c1ccnc(N)c1. The fourth-order valence-electron chi connectivity index (χ4n) is 2.61. The first-order valence-corrected chi connectivity index (χ1v) is 6.37. The van der Waals surface area contributed by atoms with E-state index in [0.717, 1.165) is 18.8 Å². The lowest BCUT2D eigenvalue weighted by Gasteiger charge is -2.29. The van der Waals surface area contributed by atoms with Gasteiger partial charge in [-0.2, -0.15) is 0 Å². The van der Waals surface area contributed by atoms with Crippen LogP contribution >= 0.6 is 0 Å². The third-order valence-corrected chi connectivity index (χ3v) is 3.60. The Morgan fingerprint density at radius 3 is 3.12 bits per heavy atom. The van der Waals surface area contributed by atoms with Crippen molar-refractivity contribution >= 4 is 11.5 Å². The summed E-state index contributed by atoms with van der Waals surface area (Å²) in [4.78, 5) is 8.86. The van der Waals surface area contributed by atoms with Gasteiger partial charge in [-0.05, 0) is 32.0 Å². The normalized spacial score (nSPS) is 20.7. The Bertz CT molecular complexity index is 366. The van der Waals surface area contributed by atoms with Gasteiger partial charge >= 0.3 is 0 Å². The predicted octanol–water partition coefficient (Wildman–Crippen LogP) is 1.58. The van der Waals surface area contributed by atoms with E-state index < -0.39 is 0 Å². The van der Waals surface area contributed by atoms with E-state index >= 15 is 0 Å². The second-order valence-corrected chi connectivity index (χ2v) is 4.74. The number of nitrogens with two attached hydrogens (primary N) is 1. The molecule has 17 heavy (non-hydrogen) atoms. The van der Waals surface area contributed by atoms with Crippen LogP contribution < -0.4 is 10.6 Å². The van der Waals surface area contributed by atoms with E-state index in [1.807, 2.05) is 12.1 Å². The van der Waals surface area contributed by atoms with Crippen LogP contribution in [0.5, 0.6) is 0 Å². The highest BCUT2D eigenvalue weighted by Gasteiger charge is 2.24. The van der Waals surface area contributed by atoms with E-state index in [4.69, 9.17) is 5.73 Å². The Balaban J connectivity index is 1.99. The monoisotopic (exact) mass is 234 g/mol. The smallest absolute Gasteiger partial charge is 0.125 e. The molecule has 4 nitrogen and oxygen atoms in total. The van der Waals surface area contributed by atoms with Gasteiger partial charge in [0.05, 0.1) is 0 Å². The van der Waals surface area contributed by atoms with Crippen molar-refractivity contribution in [3.8, 4) is 0 Å². The lowest BCUT2D eigenvalue weighted by molar-refractivity contribution is 0.270. The molecule has 0 amide bonds. The minimum absolute atomic E-state index is 0.591. The summed E-state index contributed by atoms with van der Waals surface area (Å²) < 4.78 is 0. The summed E-state index contributed by atoms with van der Waals surface area (Å²) in [5.74, 6) is 0.591. The summed E-state index contributed by atoms with van der Waals surface area (Å²) in [5, 5.41) is 0. The van der Waals surface area contributed by atoms with Crippen molar-refractivity contribution in [1.82, 2.24) is 9.88 Å². The van der Waals surface area contributed by atoms with Gasteiger partial charge in [0.25, 0.3) is 0 Å². The molecule has 4 heteroatoms. The molecule has 0 bridgehead atoms. The highest BCUT2D eigenvalue weighted by atomic mass is 15.2. The summed E-state index contributed by atoms with van der Waals surface area (Å²) in [6.07, 6.45) is 4.40. The van der Waals surface area contributed by atoms with E-state index in [2.05, 4.69) is 28.8 Å².